The standard InChI is InChI=1S/C12H14N2O2/c1-7-8(5-6-13)9-3-2-4-10(12(15)16)11(9)14-7/h2-4,14H,5-6,13H2,1H3,(H,15,16). The molecule has 0 spiro atoms. The van der Waals surface area contributed by atoms with E-state index in [4.69, 9.17) is 10.8 Å². The molecular formula is C12H14N2O2. The van der Waals surface area contributed by atoms with Gasteiger partial charge in [0.1, 0.15) is 0 Å². The van der Waals surface area contributed by atoms with Gasteiger partial charge in [-0.3, -0.25) is 0 Å². The van der Waals surface area contributed by atoms with Gasteiger partial charge in [-0.2, -0.15) is 0 Å². The molecule has 0 aliphatic rings. The lowest BCUT2D eigenvalue weighted by Gasteiger charge is -1.99. The molecule has 16 heavy (non-hydrogen) atoms. The number of aromatic nitrogens is 1. The first-order chi connectivity index (χ1) is 7.65. The number of carboxylic acids is 1. The third-order valence-electron chi connectivity index (χ3n) is 2.78. The lowest BCUT2D eigenvalue weighted by atomic mass is 10.1. The highest BCUT2D eigenvalue weighted by molar-refractivity contribution is 6.03. The largest absolute Gasteiger partial charge is 0.478 e. The molecule has 0 fully saturated rings. The van der Waals surface area contributed by atoms with Crippen LogP contribution in [0, 0.1) is 6.92 Å². The number of rotatable bonds is 3. The third-order valence-corrected chi connectivity index (χ3v) is 2.78. The molecule has 1 heterocycles. The average molecular weight is 218 g/mol. The third kappa shape index (κ3) is 1.57. The summed E-state index contributed by atoms with van der Waals surface area (Å²) in [5.74, 6) is -0.911. The number of aromatic amines is 1. The number of para-hydroxylation sites is 1. The fourth-order valence-electron chi connectivity index (χ4n) is 2.05. The van der Waals surface area contributed by atoms with Gasteiger partial charge in [0, 0.05) is 11.1 Å². The van der Waals surface area contributed by atoms with E-state index in [1.165, 1.54) is 0 Å². The van der Waals surface area contributed by atoms with Gasteiger partial charge >= 0.3 is 5.97 Å². The van der Waals surface area contributed by atoms with Crippen LogP contribution >= 0.6 is 0 Å². The molecule has 0 saturated heterocycles. The predicted octanol–water partition coefficient (Wildman–Crippen LogP) is 1.68. The summed E-state index contributed by atoms with van der Waals surface area (Å²) < 4.78 is 0. The maximum Gasteiger partial charge on any atom is 0.337 e. The van der Waals surface area contributed by atoms with Gasteiger partial charge in [0.2, 0.25) is 0 Å². The molecule has 0 radical (unpaired) electrons. The molecule has 0 amide bonds. The van der Waals surface area contributed by atoms with Gasteiger partial charge in [-0.05, 0) is 31.5 Å². The van der Waals surface area contributed by atoms with E-state index in [2.05, 4.69) is 4.98 Å². The number of benzene rings is 1. The predicted molar refractivity (Wildman–Crippen MR) is 62.8 cm³/mol. The van der Waals surface area contributed by atoms with E-state index in [1.807, 2.05) is 13.0 Å². The molecule has 4 heteroatoms. The zero-order valence-corrected chi connectivity index (χ0v) is 9.08. The normalized spacial score (nSPS) is 10.9. The summed E-state index contributed by atoms with van der Waals surface area (Å²) in [5, 5.41) is 10.0. The number of hydrogen-bond donors (Lipinski definition) is 3. The molecule has 2 aromatic rings. The van der Waals surface area contributed by atoms with Crippen LogP contribution in [0.1, 0.15) is 21.6 Å². The topological polar surface area (TPSA) is 79.1 Å². The Morgan fingerprint density at radius 2 is 2.25 bits per heavy atom. The van der Waals surface area contributed by atoms with Gasteiger partial charge in [-0.15, -0.1) is 0 Å². The highest BCUT2D eigenvalue weighted by Gasteiger charge is 2.13. The van der Waals surface area contributed by atoms with E-state index in [0.29, 0.717) is 17.6 Å². The second kappa shape index (κ2) is 3.98. The van der Waals surface area contributed by atoms with Crippen molar-refractivity contribution in [1.29, 1.82) is 0 Å². The minimum atomic E-state index is -0.911. The van der Waals surface area contributed by atoms with Crippen LogP contribution in [0.25, 0.3) is 10.9 Å². The Balaban J connectivity index is 2.72. The van der Waals surface area contributed by atoms with Crippen LogP contribution in [0.2, 0.25) is 0 Å². The van der Waals surface area contributed by atoms with Crippen LogP contribution in [0.15, 0.2) is 18.2 Å². The van der Waals surface area contributed by atoms with Crippen molar-refractivity contribution in [2.75, 3.05) is 6.54 Å². The number of aromatic carboxylic acids is 1. The van der Waals surface area contributed by atoms with Gasteiger partial charge in [0.05, 0.1) is 11.1 Å². The molecule has 0 saturated carbocycles. The number of hydrogen-bond acceptors (Lipinski definition) is 2. The summed E-state index contributed by atoms with van der Waals surface area (Å²) in [7, 11) is 0. The van der Waals surface area contributed by atoms with Gasteiger partial charge < -0.3 is 15.8 Å². The molecule has 0 aliphatic heterocycles. The molecule has 4 nitrogen and oxygen atoms in total. The van der Waals surface area contributed by atoms with E-state index in [-0.39, 0.29) is 0 Å². The van der Waals surface area contributed by atoms with Crippen molar-refractivity contribution in [1.82, 2.24) is 4.98 Å². The number of H-pyrrole nitrogens is 1. The van der Waals surface area contributed by atoms with Crippen molar-refractivity contribution >= 4 is 16.9 Å². The van der Waals surface area contributed by atoms with Crippen LogP contribution in [0.4, 0.5) is 0 Å². The second-order valence-electron chi connectivity index (χ2n) is 3.80. The minimum absolute atomic E-state index is 0.309. The molecular weight excluding hydrogens is 204 g/mol. The molecule has 0 bridgehead atoms. The van der Waals surface area contributed by atoms with Crippen molar-refractivity contribution in [3.8, 4) is 0 Å². The summed E-state index contributed by atoms with van der Waals surface area (Å²) in [6.07, 6.45) is 0.759. The second-order valence-corrected chi connectivity index (χ2v) is 3.80. The van der Waals surface area contributed by atoms with Gasteiger partial charge in [-0.25, -0.2) is 4.79 Å². The number of nitrogens with one attached hydrogen (secondary N) is 1. The zero-order valence-electron chi connectivity index (χ0n) is 9.08. The fraction of sp³-hybridized carbons (Fsp3) is 0.250. The first-order valence-corrected chi connectivity index (χ1v) is 5.18. The number of carbonyl (C=O) groups is 1. The summed E-state index contributed by atoms with van der Waals surface area (Å²) in [6, 6.07) is 5.29. The van der Waals surface area contributed by atoms with Crippen LogP contribution in [-0.4, -0.2) is 22.6 Å². The van der Waals surface area contributed by atoms with E-state index < -0.39 is 5.97 Å². The molecule has 2 rings (SSSR count). The summed E-state index contributed by atoms with van der Waals surface area (Å²) in [5.41, 5.74) is 8.65. The van der Waals surface area contributed by atoms with Crippen molar-refractivity contribution in [2.24, 2.45) is 5.73 Å². The Morgan fingerprint density at radius 3 is 2.88 bits per heavy atom. The molecule has 1 aromatic carbocycles. The van der Waals surface area contributed by atoms with Gasteiger partial charge in [0.25, 0.3) is 0 Å². The Morgan fingerprint density at radius 1 is 1.50 bits per heavy atom. The van der Waals surface area contributed by atoms with E-state index in [0.717, 1.165) is 23.1 Å². The van der Waals surface area contributed by atoms with Crippen molar-refractivity contribution in [3.05, 3.63) is 35.0 Å². The molecule has 1 aromatic heterocycles. The average Bonchev–Trinajstić information content (AvgIpc) is 2.56. The highest BCUT2D eigenvalue weighted by Crippen LogP contribution is 2.25. The number of carboxylic acid groups (broad SMARTS) is 1. The van der Waals surface area contributed by atoms with Crippen LogP contribution in [-0.2, 0) is 6.42 Å². The number of nitrogens with two attached hydrogens (primary N) is 1. The first kappa shape index (κ1) is 10.7. The van der Waals surface area contributed by atoms with Crippen LogP contribution in [0.5, 0.6) is 0 Å². The zero-order chi connectivity index (χ0) is 11.7. The molecule has 0 aliphatic carbocycles. The Bertz CT molecular complexity index is 543. The first-order valence-electron chi connectivity index (χ1n) is 5.18. The number of aryl methyl sites for hydroxylation is 1. The molecule has 0 atom stereocenters. The van der Waals surface area contributed by atoms with Gasteiger partial charge in [-0.1, -0.05) is 12.1 Å². The Kier molecular flexibility index (Phi) is 2.66. The SMILES string of the molecule is Cc1[nH]c2c(C(=O)O)cccc2c1CCN. The maximum atomic E-state index is 11.0. The highest BCUT2D eigenvalue weighted by atomic mass is 16.4. The monoisotopic (exact) mass is 218 g/mol. The number of fused-ring (bicyclic) bond motifs is 1. The van der Waals surface area contributed by atoms with E-state index >= 15 is 0 Å². The Labute approximate surface area is 93.1 Å². The molecule has 0 unspecified atom stereocenters. The minimum Gasteiger partial charge on any atom is -0.478 e. The lowest BCUT2D eigenvalue weighted by molar-refractivity contribution is 0.0699. The van der Waals surface area contributed by atoms with E-state index in [1.54, 1.807) is 12.1 Å². The van der Waals surface area contributed by atoms with Crippen LogP contribution < -0.4 is 5.73 Å². The summed E-state index contributed by atoms with van der Waals surface area (Å²) in [4.78, 5) is 14.2. The summed E-state index contributed by atoms with van der Waals surface area (Å²) in [6.45, 7) is 2.50. The smallest absolute Gasteiger partial charge is 0.337 e. The molecule has 84 valence electrons. The fourth-order valence-corrected chi connectivity index (χ4v) is 2.05. The maximum absolute atomic E-state index is 11.0. The van der Waals surface area contributed by atoms with Crippen LogP contribution in [0.3, 0.4) is 0 Å². The lowest BCUT2D eigenvalue weighted by Crippen LogP contribution is -2.03. The van der Waals surface area contributed by atoms with Gasteiger partial charge in [0.15, 0.2) is 0 Å². The summed E-state index contributed by atoms with van der Waals surface area (Å²) >= 11 is 0. The van der Waals surface area contributed by atoms with Crippen molar-refractivity contribution < 1.29 is 9.90 Å². The van der Waals surface area contributed by atoms with Crippen molar-refractivity contribution in [3.63, 3.8) is 0 Å². The Hall–Kier alpha value is -1.81. The van der Waals surface area contributed by atoms with E-state index in [9.17, 15) is 4.79 Å². The quantitative estimate of drug-likeness (QED) is 0.733. The van der Waals surface area contributed by atoms with Crippen molar-refractivity contribution in [2.45, 2.75) is 13.3 Å². The molecule has 4 N–H and O–H groups in total.